The number of rotatable bonds is 1. The average molecular weight is 264 g/mol. The summed E-state index contributed by atoms with van der Waals surface area (Å²) in [4.78, 5) is 11.2. The minimum absolute atomic E-state index is 0.0353. The van der Waals surface area contributed by atoms with Crippen LogP contribution in [-0.4, -0.2) is 9.78 Å². The van der Waals surface area contributed by atoms with Gasteiger partial charge in [-0.3, -0.25) is 4.79 Å². The molecule has 0 aliphatic carbocycles. The lowest BCUT2D eigenvalue weighted by Crippen LogP contribution is -2.23. The van der Waals surface area contributed by atoms with Crippen molar-refractivity contribution in [3.63, 3.8) is 0 Å². The van der Waals surface area contributed by atoms with Gasteiger partial charge in [-0.05, 0) is 36.4 Å². The third-order valence-corrected chi connectivity index (χ3v) is 1.87. The molecule has 1 aromatic heterocycles. The van der Waals surface area contributed by atoms with Crippen LogP contribution in [0.3, 0.4) is 0 Å². The molecule has 0 bridgehead atoms. The molecule has 0 fully saturated rings. The molecule has 0 saturated heterocycles. The van der Waals surface area contributed by atoms with Crippen molar-refractivity contribution in [2.45, 2.75) is 19.9 Å². The van der Waals surface area contributed by atoms with Gasteiger partial charge < -0.3 is 0 Å². The van der Waals surface area contributed by atoms with Crippen LogP contribution in [-0.2, 0) is 0 Å². The van der Waals surface area contributed by atoms with Crippen molar-refractivity contribution < 1.29 is 0 Å². The Bertz CT molecular complexity index is 306. The van der Waals surface area contributed by atoms with Crippen molar-refractivity contribution in [1.82, 2.24) is 9.78 Å². The molecule has 11 heavy (non-hydrogen) atoms. The summed E-state index contributed by atoms with van der Waals surface area (Å²) in [7, 11) is 0. The Morgan fingerprint density at radius 2 is 2.27 bits per heavy atom. The minimum Gasteiger partial charge on any atom is -0.268 e. The Labute approximate surface area is 78.6 Å². The van der Waals surface area contributed by atoms with Gasteiger partial charge in [-0.2, -0.15) is 5.10 Å². The second kappa shape index (κ2) is 3.34. The number of aromatic nitrogens is 2. The molecule has 0 saturated carbocycles. The van der Waals surface area contributed by atoms with Crippen LogP contribution < -0.4 is 5.56 Å². The van der Waals surface area contributed by atoms with E-state index in [4.69, 9.17) is 0 Å². The van der Waals surface area contributed by atoms with Gasteiger partial charge in [0.15, 0.2) is 0 Å². The van der Waals surface area contributed by atoms with Crippen LogP contribution in [0, 0.1) is 3.57 Å². The standard InChI is InChI=1S/C7H9IN2O/c1-5(2)10-7(11)3-6(8)4-9-10/h3-5H,1-2H3. The van der Waals surface area contributed by atoms with Gasteiger partial charge in [0.05, 0.1) is 12.2 Å². The van der Waals surface area contributed by atoms with Crippen LogP contribution in [0.2, 0.25) is 0 Å². The smallest absolute Gasteiger partial charge is 0.268 e. The molecule has 0 atom stereocenters. The second-order valence-electron chi connectivity index (χ2n) is 2.55. The summed E-state index contributed by atoms with van der Waals surface area (Å²) in [6, 6.07) is 1.72. The van der Waals surface area contributed by atoms with Gasteiger partial charge in [-0.25, -0.2) is 4.68 Å². The van der Waals surface area contributed by atoms with E-state index in [1.54, 1.807) is 12.3 Å². The van der Waals surface area contributed by atoms with E-state index >= 15 is 0 Å². The van der Waals surface area contributed by atoms with Crippen molar-refractivity contribution in [3.8, 4) is 0 Å². The van der Waals surface area contributed by atoms with E-state index < -0.39 is 0 Å². The molecule has 60 valence electrons. The Morgan fingerprint density at radius 1 is 1.64 bits per heavy atom. The van der Waals surface area contributed by atoms with Crippen LogP contribution in [0.25, 0.3) is 0 Å². The minimum atomic E-state index is -0.0353. The van der Waals surface area contributed by atoms with Gasteiger partial charge in [-0.1, -0.05) is 0 Å². The lowest BCUT2D eigenvalue weighted by Gasteiger charge is -2.06. The fraction of sp³-hybridized carbons (Fsp3) is 0.429. The summed E-state index contributed by atoms with van der Waals surface area (Å²) >= 11 is 2.07. The third kappa shape index (κ3) is 2.02. The average Bonchev–Trinajstić information content (AvgIpc) is 1.85. The highest BCUT2D eigenvalue weighted by atomic mass is 127. The first-order valence-corrected chi connectivity index (χ1v) is 4.43. The topological polar surface area (TPSA) is 34.9 Å². The maximum absolute atomic E-state index is 11.2. The van der Waals surface area contributed by atoms with E-state index in [0.717, 1.165) is 3.57 Å². The van der Waals surface area contributed by atoms with Crippen molar-refractivity contribution in [2.75, 3.05) is 0 Å². The first-order chi connectivity index (χ1) is 5.11. The molecule has 1 rings (SSSR count). The monoisotopic (exact) mass is 264 g/mol. The summed E-state index contributed by atoms with van der Waals surface area (Å²) in [5.41, 5.74) is -0.0353. The molecule has 3 nitrogen and oxygen atoms in total. The van der Waals surface area contributed by atoms with Crippen LogP contribution in [0.15, 0.2) is 17.1 Å². The predicted octanol–water partition coefficient (Wildman–Crippen LogP) is 1.43. The fourth-order valence-electron chi connectivity index (χ4n) is 0.783. The van der Waals surface area contributed by atoms with Crippen LogP contribution >= 0.6 is 22.6 Å². The van der Waals surface area contributed by atoms with Gasteiger partial charge >= 0.3 is 0 Å². The molecule has 0 spiro atoms. The number of halogens is 1. The van der Waals surface area contributed by atoms with Gasteiger partial charge in [0.1, 0.15) is 0 Å². The van der Waals surface area contributed by atoms with Gasteiger partial charge in [0.25, 0.3) is 5.56 Å². The number of nitrogens with zero attached hydrogens (tertiary/aromatic N) is 2. The molecule has 0 unspecified atom stereocenters. The SMILES string of the molecule is CC(C)n1ncc(I)cc1=O. The Morgan fingerprint density at radius 3 is 2.73 bits per heavy atom. The summed E-state index contributed by atoms with van der Waals surface area (Å²) in [6.45, 7) is 3.86. The van der Waals surface area contributed by atoms with E-state index in [-0.39, 0.29) is 11.6 Å². The lowest BCUT2D eigenvalue weighted by atomic mass is 10.4. The fourth-order valence-corrected chi connectivity index (χ4v) is 1.17. The normalized spacial score (nSPS) is 10.5. The van der Waals surface area contributed by atoms with Crippen molar-refractivity contribution in [3.05, 3.63) is 26.2 Å². The second-order valence-corrected chi connectivity index (χ2v) is 3.80. The zero-order valence-corrected chi connectivity index (χ0v) is 8.57. The Balaban J connectivity index is 3.21. The van der Waals surface area contributed by atoms with Crippen LogP contribution in [0.5, 0.6) is 0 Å². The molecule has 1 heterocycles. The predicted molar refractivity (Wildman–Crippen MR) is 51.6 cm³/mol. The molecule has 0 amide bonds. The van der Waals surface area contributed by atoms with E-state index in [0.29, 0.717) is 0 Å². The van der Waals surface area contributed by atoms with Crippen LogP contribution in [0.4, 0.5) is 0 Å². The largest absolute Gasteiger partial charge is 0.268 e. The summed E-state index contributed by atoms with van der Waals surface area (Å²) in [6.07, 6.45) is 1.68. The zero-order valence-electron chi connectivity index (χ0n) is 6.41. The molecular formula is C7H9IN2O. The van der Waals surface area contributed by atoms with Gasteiger partial charge in [0, 0.05) is 9.64 Å². The lowest BCUT2D eigenvalue weighted by molar-refractivity contribution is 0.501. The zero-order chi connectivity index (χ0) is 8.43. The Hall–Kier alpha value is -0.390. The maximum Gasteiger partial charge on any atom is 0.268 e. The molecule has 0 radical (unpaired) electrons. The van der Waals surface area contributed by atoms with E-state index in [1.165, 1.54) is 4.68 Å². The van der Waals surface area contributed by atoms with Crippen molar-refractivity contribution in [2.24, 2.45) is 0 Å². The third-order valence-electron chi connectivity index (χ3n) is 1.28. The van der Waals surface area contributed by atoms with Gasteiger partial charge in [-0.15, -0.1) is 0 Å². The Kier molecular flexibility index (Phi) is 2.64. The van der Waals surface area contributed by atoms with Gasteiger partial charge in [0.2, 0.25) is 0 Å². The van der Waals surface area contributed by atoms with Crippen LogP contribution in [0.1, 0.15) is 19.9 Å². The van der Waals surface area contributed by atoms with E-state index in [2.05, 4.69) is 27.7 Å². The van der Waals surface area contributed by atoms with Crippen molar-refractivity contribution >= 4 is 22.6 Å². The summed E-state index contributed by atoms with van der Waals surface area (Å²) < 4.78 is 2.34. The highest BCUT2D eigenvalue weighted by molar-refractivity contribution is 14.1. The molecule has 0 aliphatic rings. The summed E-state index contributed by atoms with van der Waals surface area (Å²) in [5.74, 6) is 0. The highest BCUT2D eigenvalue weighted by Gasteiger charge is 2.00. The van der Waals surface area contributed by atoms with Crippen molar-refractivity contribution in [1.29, 1.82) is 0 Å². The first-order valence-electron chi connectivity index (χ1n) is 3.35. The van der Waals surface area contributed by atoms with E-state index in [1.807, 2.05) is 13.8 Å². The van der Waals surface area contributed by atoms with E-state index in [9.17, 15) is 4.79 Å². The number of hydrogen-bond donors (Lipinski definition) is 0. The molecule has 1 aromatic rings. The quantitative estimate of drug-likeness (QED) is 0.719. The molecule has 0 aliphatic heterocycles. The maximum atomic E-state index is 11.2. The molecule has 4 heteroatoms. The molecule has 0 N–H and O–H groups in total. The number of hydrogen-bond acceptors (Lipinski definition) is 2. The highest BCUT2D eigenvalue weighted by Crippen LogP contribution is 1.99. The molecular weight excluding hydrogens is 255 g/mol. The first kappa shape index (κ1) is 8.70. The summed E-state index contributed by atoms with van der Waals surface area (Å²) in [5, 5.41) is 3.97. The molecule has 0 aromatic carbocycles.